The van der Waals surface area contributed by atoms with E-state index in [4.69, 9.17) is 4.74 Å². The minimum absolute atomic E-state index is 0.0242. The fourth-order valence-electron chi connectivity index (χ4n) is 2.99. The molecule has 2 aromatic carbocycles. The highest BCUT2D eigenvalue weighted by Gasteiger charge is 2.17. The molecular formula is C21H17F2N5O3. The number of hydrogen-bond acceptors (Lipinski definition) is 6. The number of rotatable bonds is 6. The lowest BCUT2D eigenvalue weighted by molar-refractivity contribution is -0.0494. The van der Waals surface area contributed by atoms with Gasteiger partial charge in [0.25, 0.3) is 11.7 Å². The fraction of sp³-hybridized carbons (Fsp3) is 0.143. The van der Waals surface area contributed by atoms with Crippen LogP contribution in [0.15, 0.2) is 54.7 Å². The zero-order valence-corrected chi connectivity index (χ0v) is 16.5. The van der Waals surface area contributed by atoms with E-state index in [0.717, 1.165) is 5.69 Å². The van der Waals surface area contributed by atoms with Gasteiger partial charge in [0.2, 0.25) is 5.82 Å². The number of nitrogens with one attached hydrogen (secondary N) is 1. The number of amides is 1. The van der Waals surface area contributed by atoms with Crippen LogP contribution >= 0.6 is 0 Å². The Balaban J connectivity index is 1.65. The Morgan fingerprint density at radius 1 is 1.13 bits per heavy atom. The second-order valence-electron chi connectivity index (χ2n) is 6.51. The average molecular weight is 425 g/mol. The molecule has 1 amide bonds. The van der Waals surface area contributed by atoms with E-state index < -0.39 is 12.5 Å². The van der Waals surface area contributed by atoms with Gasteiger partial charge < -0.3 is 14.8 Å². The van der Waals surface area contributed by atoms with Crippen molar-refractivity contribution >= 4 is 17.4 Å². The van der Waals surface area contributed by atoms with E-state index in [2.05, 4.69) is 25.1 Å². The number of carbonyl (C=O) groups is 1. The molecule has 31 heavy (non-hydrogen) atoms. The third-order valence-electron chi connectivity index (χ3n) is 4.49. The Bertz CT molecular complexity index is 1240. The Labute approximate surface area is 175 Å². The summed E-state index contributed by atoms with van der Waals surface area (Å²) in [6, 6.07) is 12.9. The lowest BCUT2D eigenvalue weighted by Gasteiger charge is -2.13. The number of ether oxygens (including phenoxy) is 2. The van der Waals surface area contributed by atoms with Gasteiger partial charge in [-0.05, 0) is 48.9 Å². The lowest BCUT2D eigenvalue weighted by Crippen LogP contribution is -2.14. The van der Waals surface area contributed by atoms with Gasteiger partial charge in [-0.1, -0.05) is 12.1 Å². The van der Waals surface area contributed by atoms with Crippen molar-refractivity contribution in [3.05, 3.63) is 66.2 Å². The van der Waals surface area contributed by atoms with Crippen molar-refractivity contribution in [1.82, 2.24) is 19.6 Å². The second-order valence-corrected chi connectivity index (χ2v) is 6.51. The maximum absolute atomic E-state index is 12.9. The van der Waals surface area contributed by atoms with Crippen LogP contribution in [0.5, 0.6) is 11.5 Å². The molecule has 0 unspecified atom stereocenters. The molecular weight excluding hydrogens is 408 g/mol. The molecule has 2 heterocycles. The second kappa shape index (κ2) is 8.34. The van der Waals surface area contributed by atoms with E-state index in [1.54, 1.807) is 36.5 Å². The van der Waals surface area contributed by atoms with Gasteiger partial charge >= 0.3 is 6.61 Å². The molecule has 0 saturated carbocycles. The SMILES string of the molecule is COc1ccc(-c2cc(NC(=O)c3nc4nccc(C)n4n3)ccc2OC(F)F)cc1. The van der Waals surface area contributed by atoms with Crippen LogP contribution < -0.4 is 14.8 Å². The van der Waals surface area contributed by atoms with Gasteiger partial charge in [-0.15, -0.1) is 5.10 Å². The first-order valence-corrected chi connectivity index (χ1v) is 9.17. The third-order valence-corrected chi connectivity index (χ3v) is 4.49. The average Bonchev–Trinajstić information content (AvgIpc) is 3.21. The van der Waals surface area contributed by atoms with E-state index in [1.807, 2.05) is 6.92 Å². The van der Waals surface area contributed by atoms with E-state index in [9.17, 15) is 13.6 Å². The summed E-state index contributed by atoms with van der Waals surface area (Å²) in [5, 5.41) is 6.84. The molecule has 0 fully saturated rings. The highest BCUT2D eigenvalue weighted by atomic mass is 19.3. The first-order chi connectivity index (χ1) is 14.9. The molecule has 10 heteroatoms. The van der Waals surface area contributed by atoms with Crippen LogP contribution in [-0.4, -0.2) is 39.2 Å². The number of carbonyl (C=O) groups excluding carboxylic acids is 1. The predicted octanol–water partition coefficient (Wildman–Crippen LogP) is 3.96. The summed E-state index contributed by atoms with van der Waals surface area (Å²) >= 11 is 0. The minimum atomic E-state index is -2.99. The van der Waals surface area contributed by atoms with Crippen LogP contribution in [0, 0.1) is 6.92 Å². The molecule has 4 aromatic rings. The molecule has 0 saturated heterocycles. The Hall–Kier alpha value is -4.08. The summed E-state index contributed by atoms with van der Waals surface area (Å²) in [6.45, 7) is -1.18. The maximum atomic E-state index is 12.9. The van der Waals surface area contributed by atoms with Gasteiger partial charge in [0.1, 0.15) is 11.5 Å². The molecule has 1 N–H and O–H groups in total. The van der Waals surface area contributed by atoms with Crippen LogP contribution in [0.4, 0.5) is 14.5 Å². The summed E-state index contributed by atoms with van der Waals surface area (Å²) in [7, 11) is 1.53. The number of benzene rings is 2. The fourth-order valence-corrected chi connectivity index (χ4v) is 2.99. The van der Waals surface area contributed by atoms with Crippen LogP contribution in [0.1, 0.15) is 16.3 Å². The summed E-state index contributed by atoms with van der Waals surface area (Å²) in [6.07, 6.45) is 1.57. The van der Waals surface area contributed by atoms with Crippen molar-refractivity contribution in [2.24, 2.45) is 0 Å². The number of alkyl halides is 2. The number of fused-ring (bicyclic) bond motifs is 1. The molecule has 0 aliphatic carbocycles. The smallest absolute Gasteiger partial charge is 0.387 e. The molecule has 158 valence electrons. The van der Waals surface area contributed by atoms with Crippen molar-refractivity contribution in [2.75, 3.05) is 12.4 Å². The summed E-state index contributed by atoms with van der Waals surface area (Å²) in [5.74, 6) is 0.258. The van der Waals surface area contributed by atoms with Crippen molar-refractivity contribution in [3.63, 3.8) is 0 Å². The van der Waals surface area contributed by atoms with Crippen LogP contribution in [0.25, 0.3) is 16.9 Å². The van der Waals surface area contributed by atoms with Gasteiger partial charge in [0.15, 0.2) is 0 Å². The minimum Gasteiger partial charge on any atom is -0.497 e. The number of anilines is 1. The lowest BCUT2D eigenvalue weighted by atomic mass is 10.0. The zero-order valence-electron chi connectivity index (χ0n) is 16.5. The normalized spacial score (nSPS) is 11.0. The van der Waals surface area contributed by atoms with Crippen LogP contribution in [-0.2, 0) is 0 Å². The molecule has 0 aliphatic heterocycles. The quantitative estimate of drug-likeness (QED) is 0.503. The standard InChI is InChI=1S/C21H17F2N5O3/c1-12-9-10-24-21-26-18(27-28(12)21)19(29)25-14-5-8-17(31-20(22)23)16(11-14)13-3-6-15(30-2)7-4-13/h3-11,20H,1-2H3,(H,25,29). The zero-order chi connectivity index (χ0) is 22.0. The molecule has 8 nitrogen and oxygen atoms in total. The number of aromatic nitrogens is 4. The van der Waals surface area contributed by atoms with Gasteiger partial charge in [-0.25, -0.2) is 9.50 Å². The number of methoxy groups -OCH3 is 1. The summed E-state index contributed by atoms with van der Waals surface area (Å²) in [4.78, 5) is 20.8. The molecule has 4 rings (SSSR count). The van der Waals surface area contributed by atoms with Crippen molar-refractivity contribution in [3.8, 4) is 22.6 Å². The first kappa shape index (κ1) is 20.2. The molecule has 0 bridgehead atoms. The Morgan fingerprint density at radius 3 is 2.58 bits per heavy atom. The summed E-state index contributed by atoms with van der Waals surface area (Å²) in [5.41, 5.74) is 2.12. The van der Waals surface area contributed by atoms with Gasteiger partial charge in [0, 0.05) is 23.1 Å². The highest BCUT2D eigenvalue weighted by Crippen LogP contribution is 2.34. The number of nitrogens with zero attached hydrogens (tertiary/aromatic N) is 4. The monoisotopic (exact) mass is 425 g/mol. The van der Waals surface area contributed by atoms with Crippen molar-refractivity contribution in [1.29, 1.82) is 0 Å². The molecule has 0 aliphatic rings. The van der Waals surface area contributed by atoms with E-state index in [0.29, 0.717) is 28.3 Å². The van der Waals surface area contributed by atoms with Gasteiger partial charge in [-0.2, -0.15) is 13.8 Å². The molecule has 2 aromatic heterocycles. The Kier molecular flexibility index (Phi) is 5.44. The maximum Gasteiger partial charge on any atom is 0.387 e. The van der Waals surface area contributed by atoms with Gasteiger partial charge in [-0.3, -0.25) is 4.79 Å². The van der Waals surface area contributed by atoms with E-state index >= 15 is 0 Å². The topological polar surface area (TPSA) is 90.6 Å². The van der Waals surface area contributed by atoms with Crippen molar-refractivity contribution < 1.29 is 23.0 Å². The molecule has 0 spiro atoms. The third kappa shape index (κ3) is 4.27. The van der Waals surface area contributed by atoms with E-state index in [-0.39, 0.29) is 11.6 Å². The highest BCUT2D eigenvalue weighted by molar-refractivity contribution is 6.02. The van der Waals surface area contributed by atoms with Crippen LogP contribution in [0.2, 0.25) is 0 Å². The number of aryl methyl sites for hydroxylation is 1. The molecule has 0 radical (unpaired) electrons. The molecule has 0 atom stereocenters. The first-order valence-electron chi connectivity index (χ1n) is 9.17. The largest absolute Gasteiger partial charge is 0.497 e. The predicted molar refractivity (Wildman–Crippen MR) is 109 cm³/mol. The van der Waals surface area contributed by atoms with Gasteiger partial charge in [0.05, 0.1) is 7.11 Å². The Morgan fingerprint density at radius 2 is 1.90 bits per heavy atom. The van der Waals surface area contributed by atoms with E-state index in [1.165, 1.54) is 29.8 Å². The number of hydrogen-bond donors (Lipinski definition) is 1. The van der Waals surface area contributed by atoms with Crippen molar-refractivity contribution in [2.45, 2.75) is 13.5 Å². The van der Waals surface area contributed by atoms with Crippen LogP contribution in [0.3, 0.4) is 0 Å². The summed E-state index contributed by atoms with van der Waals surface area (Å²) < 4.78 is 37.0. The number of halogens is 2.